The number of hydrogen-bond donors (Lipinski definition) is 2. The quantitative estimate of drug-likeness (QED) is 0.553. The molecule has 1 heterocycles. The van der Waals surface area contributed by atoms with Crippen LogP contribution in [0.2, 0.25) is 0 Å². The molecule has 0 atom stereocenters. The van der Waals surface area contributed by atoms with Crippen molar-refractivity contribution < 1.29 is 14.4 Å². The number of amides is 2. The van der Waals surface area contributed by atoms with Gasteiger partial charge in [-0.25, -0.2) is 0 Å². The van der Waals surface area contributed by atoms with Gasteiger partial charge >= 0.3 is 0 Å². The number of aldehydes is 1. The molecule has 1 aliphatic rings. The topological polar surface area (TPSA) is 75.3 Å². The number of benzene rings is 1. The third-order valence-corrected chi connectivity index (χ3v) is 2.37. The van der Waals surface area contributed by atoms with Crippen LogP contribution in [0.25, 0.3) is 0 Å². The molecular weight excluding hydrogens is 208 g/mol. The Morgan fingerprint density at radius 1 is 1.50 bits per heavy atom. The van der Waals surface area contributed by atoms with Crippen molar-refractivity contribution >= 4 is 23.8 Å². The average molecular weight is 218 g/mol. The number of hydrogen-bond acceptors (Lipinski definition) is 3. The Balaban J connectivity index is 2.08. The van der Waals surface area contributed by atoms with Crippen LogP contribution in [0.4, 0.5) is 5.69 Å². The molecule has 5 heteroatoms. The van der Waals surface area contributed by atoms with Crippen LogP contribution in [0.15, 0.2) is 18.2 Å². The largest absolute Gasteiger partial charge is 0.346 e. The molecule has 0 aliphatic carbocycles. The zero-order valence-corrected chi connectivity index (χ0v) is 8.45. The second kappa shape index (κ2) is 4.14. The Hall–Kier alpha value is -2.17. The van der Waals surface area contributed by atoms with Crippen LogP contribution in [-0.2, 0) is 27.3 Å². The van der Waals surface area contributed by atoms with E-state index in [0.717, 1.165) is 16.8 Å². The van der Waals surface area contributed by atoms with Crippen molar-refractivity contribution in [3.8, 4) is 0 Å². The predicted molar refractivity (Wildman–Crippen MR) is 56.7 cm³/mol. The number of fused-ring (bicyclic) bond motifs is 1. The molecule has 0 radical (unpaired) electrons. The zero-order valence-electron chi connectivity index (χ0n) is 8.45. The summed E-state index contributed by atoms with van der Waals surface area (Å²) in [5.41, 5.74) is 2.60. The van der Waals surface area contributed by atoms with Gasteiger partial charge in [0.15, 0.2) is 0 Å². The third-order valence-electron chi connectivity index (χ3n) is 2.37. The van der Waals surface area contributed by atoms with Gasteiger partial charge in [0.2, 0.25) is 12.2 Å². The van der Waals surface area contributed by atoms with E-state index in [1.54, 1.807) is 12.1 Å². The Labute approximate surface area is 91.8 Å². The summed E-state index contributed by atoms with van der Waals surface area (Å²) in [5.74, 6) is -0.668. The van der Waals surface area contributed by atoms with Crippen molar-refractivity contribution in [3.05, 3.63) is 29.3 Å². The molecule has 2 rings (SSSR count). The minimum absolute atomic E-state index is 0.0240. The molecule has 0 bridgehead atoms. The van der Waals surface area contributed by atoms with E-state index in [2.05, 4.69) is 10.6 Å². The lowest BCUT2D eigenvalue weighted by molar-refractivity contribution is -0.131. The first-order valence-corrected chi connectivity index (χ1v) is 4.83. The molecule has 0 saturated heterocycles. The van der Waals surface area contributed by atoms with Crippen molar-refractivity contribution in [2.24, 2.45) is 0 Å². The first-order valence-electron chi connectivity index (χ1n) is 4.83. The molecule has 0 spiro atoms. The van der Waals surface area contributed by atoms with Gasteiger partial charge in [-0.15, -0.1) is 0 Å². The van der Waals surface area contributed by atoms with Gasteiger partial charge in [-0.2, -0.15) is 0 Å². The fourth-order valence-electron chi connectivity index (χ4n) is 1.62. The van der Waals surface area contributed by atoms with E-state index in [4.69, 9.17) is 0 Å². The normalized spacial score (nSPS) is 12.9. The SMILES string of the molecule is O=CC(=O)NCc1ccc2c(c1)CC(=O)N2. The first-order chi connectivity index (χ1) is 7.69. The van der Waals surface area contributed by atoms with Gasteiger partial charge in [0.25, 0.3) is 5.91 Å². The van der Waals surface area contributed by atoms with Crippen molar-refractivity contribution in [2.45, 2.75) is 13.0 Å². The molecule has 1 aliphatic heterocycles. The summed E-state index contributed by atoms with van der Waals surface area (Å²) in [4.78, 5) is 31.9. The second-order valence-electron chi connectivity index (χ2n) is 3.55. The minimum atomic E-state index is -0.644. The van der Waals surface area contributed by atoms with Gasteiger partial charge in [-0.1, -0.05) is 12.1 Å². The smallest absolute Gasteiger partial charge is 0.284 e. The predicted octanol–water partition coefficient (Wildman–Crippen LogP) is -0.00370. The Kier molecular flexibility index (Phi) is 2.68. The van der Waals surface area contributed by atoms with Crippen LogP contribution in [0.5, 0.6) is 0 Å². The second-order valence-corrected chi connectivity index (χ2v) is 3.55. The molecule has 1 aromatic carbocycles. The molecule has 2 amide bonds. The van der Waals surface area contributed by atoms with Crippen LogP contribution in [0, 0.1) is 0 Å². The number of anilines is 1. The highest BCUT2D eigenvalue weighted by Crippen LogP contribution is 2.23. The summed E-state index contributed by atoms with van der Waals surface area (Å²) in [6.45, 7) is 0.291. The zero-order chi connectivity index (χ0) is 11.5. The third kappa shape index (κ3) is 2.08. The molecule has 1 aromatic rings. The number of rotatable bonds is 3. The maximum Gasteiger partial charge on any atom is 0.284 e. The van der Waals surface area contributed by atoms with Crippen molar-refractivity contribution in [3.63, 3.8) is 0 Å². The molecule has 0 aromatic heterocycles. The monoisotopic (exact) mass is 218 g/mol. The summed E-state index contributed by atoms with van der Waals surface area (Å²) in [6.07, 6.45) is 0.600. The van der Waals surface area contributed by atoms with E-state index in [-0.39, 0.29) is 12.2 Å². The van der Waals surface area contributed by atoms with E-state index >= 15 is 0 Å². The van der Waals surface area contributed by atoms with Gasteiger partial charge in [0.05, 0.1) is 6.42 Å². The summed E-state index contributed by atoms with van der Waals surface area (Å²) in [6, 6.07) is 5.44. The van der Waals surface area contributed by atoms with E-state index in [1.165, 1.54) is 0 Å². The van der Waals surface area contributed by atoms with Crippen LogP contribution >= 0.6 is 0 Å². The van der Waals surface area contributed by atoms with Gasteiger partial charge in [-0.05, 0) is 17.2 Å². The average Bonchev–Trinajstić information content (AvgIpc) is 2.65. The van der Waals surface area contributed by atoms with Crippen LogP contribution in [0.1, 0.15) is 11.1 Å². The summed E-state index contributed by atoms with van der Waals surface area (Å²) >= 11 is 0. The highest BCUT2D eigenvalue weighted by Gasteiger charge is 2.17. The number of carbonyl (C=O) groups excluding carboxylic acids is 3. The van der Waals surface area contributed by atoms with Crippen molar-refractivity contribution in [1.29, 1.82) is 0 Å². The molecule has 0 fully saturated rings. The highest BCUT2D eigenvalue weighted by molar-refractivity contribution is 6.23. The van der Waals surface area contributed by atoms with Gasteiger partial charge in [0, 0.05) is 12.2 Å². The Bertz CT molecular complexity index is 468. The van der Waals surface area contributed by atoms with Crippen LogP contribution in [-0.4, -0.2) is 18.1 Å². The molecular formula is C11H10N2O3. The summed E-state index contributed by atoms with van der Waals surface area (Å²) in [5, 5.41) is 5.16. The molecule has 82 valence electrons. The van der Waals surface area contributed by atoms with Crippen LogP contribution in [0.3, 0.4) is 0 Å². The van der Waals surface area contributed by atoms with Gasteiger partial charge < -0.3 is 10.6 Å². The summed E-state index contributed by atoms with van der Waals surface area (Å²) in [7, 11) is 0. The fraction of sp³-hybridized carbons (Fsp3) is 0.182. The van der Waals surface area contributed by atoms with E-state index in [0.29, 0.717) is 13.0 Å². The number of nitrogens with one attached hydrogen (secondary N) is 2. The summed E-state index contributed by atoms with van der Waals surface area (Å²) < 4.78 is 0. The molecule has 0 unspecified atom stereocenters. The first kappa shape index (κ1) is 10.4. The fourth-order valence-corrected chi connectivity index (χ4v) is 1.62. The molecule has 0 saturated carbocycles. The van der Waals surface area contributed by atoms with Crippen LogP contribution < -0.4 is 10.6 Å². The molecule has 16 heavy (non-hydrogen) atoms. The number of carbonyl (C=O) groups is 3. The lowest BCUT2D eigenvalue weighted by Crippen LogP contribution is -2.23. The van der Waals surface area contributed by atoms with E-state index < -0.39 is 5.91 Å². The van der Waals surface area contributed by atoms with E-state index in [9.17, 15) is 14.4 Å². The molecule has 2 N–H and O–H groups in total. The highest BCUT2D eigenvalue weighted by atomic mass is 16.2. The Morgan fingerprint density at radius 3 is 3.06 bits per heavy atom. The Morgan fingerprint density at radius 2 is 2.31 bits per heavy atom. The maximum absolute atomic E-state index is 11.1. The maximum atomic E-state index is 11.1. The van der Waals surface area contributed by atoms with Gasteiger partial charge in [0.1, 0.15) is 0 Å². The standard InChI is InChI=1S/C11H10N2O3/c14-6-11(16)12-5-7-1-2-9-8(3-7)4-10(15)13-9/h1-3,6H,4-5H2,(H,12,16)(H,13,15). The van der Waals surface area contributed by atoms with Gasteiger partial charge in [-0.3, -0.25) is 14.4 Å². The van der Waals surface area contributed by atoms with E-state index in [1.807, 2.05) is 6.07 Å². The van der Waals surface area contributed by atoms with Crippen molar-refractivity contribution in [2.75, 3.05) is 5.32 Å². The minimum Gasteiger partial charge on any atom is -0.346 e. The van der Waals surface area contributed by atoms with Crippen molar-refractivity contribution in [1.82, 2.24) is 5.32 Å². The molecule has 5 nitrogen and oxygen atoms in total. The lowest BCUT2D eigenvalue weighted by atomic mass is 10.1. The lowest BCUT2D eigenvalue weighted by Gasteiger charge is -2.04.